The van der Waals surface area contributed by atoms with Gasteiger partial charge in [0.05, 0.1) is 13.7 Å². The second kappa shape index (κ2) is 8.45. The molecule has 0 aliphatic rings. The second-order valence-corrected chi connectivity index (χ2v) is 4.62. The lowest BCUT2D eigenvalue weighted by atomic mass is 10.2. The summed E-state index contributed by atoms with van der Waals surface area (Å²) >= 11 is 3.30. The zero-order chi connectivity index (χ0) is 14.1. The summed E-state index contributed by atoms with van der Waals surface area (Å²) in [6.45, 7) is 0.0873. The number of nitrogens with one attached hydrogen (secondary N) is 1. The van der Waals surface area contributed by atoms with Gasteiger partial charge in [0.1, 0.15) is 5.75 Å². The van der Waals surface area contributed by atoms with E-state index in [4.69, 9.17) is 15.3 Å². The average molecular weight is 322 g/mol. The van der Waals surface area contributed by atoms with Crippen LogP contribution in [0.5, 0.6) is 5.75 Å². The van der Waals surface area contributed by atoms with Crippen molar-refractivity contribution in [2.24, 2.45) is 0 Å². The largest absolute Gasteiger partial charge is 0.497 e. The van der Waals surface area contributed by atoms with Crippen molar-refractivity contribution < 1.29 is 9.84 Å². The molecule has 3 nitrogen and oxygen atoms in total. The van der Waals surface area contributed by atoms with Gasteiger partial charge in [-0.25, -0.2) is 0 Å². The van der Waals surface area contributed by atoms with Crippen LogP contribution in [0.1, 0.15) is 11.1 Å². The predicted molar refractivity (Wildman–Crippen MR) is 80.9 cm³/mol. The summed E-state index contributed by atoms with van der Waals surface area (Å²) < 4.78 is 5.95. The number of halogens is 1. The fraction of sp³-hybridized carbons (Fsp3) is 0.133. The fourth-order valence-corrected chi connectivity index (χ4v) is 1.74. The van der Waals surface area contributed by atoms with Crippen molar-refractivity contribution >= 4 is 22.1 Å². The Morgan fingerprint density at radius 3 is 2.32 bits per heavy atom. The number of hydrogen-bond donors (Lipinski definition) is 2. The average Bonchev–Trinajstić information content (AvgIpc) is 2.48. The first-order valence-corrected chi connectivity index (χ1v) is 6.48. The number of aliphatic hydroxyl groups is 1. The summed E-state index contributed by atoms with van der Waals surface area (Å²) in [5.41, 5.74) is 1.82. The quantitative estimate of drug-likeness (QED) is 0.848. The standard InChI is InChI=1S/C8H10O2.C7H6BrN/c1-10-8-4-2-7(6-9)3-5-8;8-7-3-1-2-6(4-7)5-9/h2-5,9H,6H2,1H3;1-5,9H. The molecule has 0 saturated heterocycles. The van der Waals surface area contributed by atoms with Crippen LogP contribution in [0.25, 0.3) is 0 Å². The molecule has 0 heterocycles. The van der Waals surface area contributed by atoms with E-state index in [9.17, 15) is 0 Å². The van der Waals surface area contributed by atoms with E-state index in [1.165, 1.54) is 6.21 Å². The van der Waals surface area contributed by atoms with Crippen molar-refractivity contribution in [2.75, 3.05) is 7.11 Å². The molecule has 0 aromatic heterocycles. The Balaban J connectivity index is 0.000000191. The lowest BCUT2D eigenvalue weighted by molar-refractivity contribution is 0.281. The van der Waals surface area contributed by atoms with Gasteiger partial charge in [0.25, 0.3) is 0 Å². The van der Waals surface area contributed by atoms with Crippen LogP contribution in [0, 0.1) is 5.41 Å². The molecule has 0 unspecified atom stereocenters. The Hall–Kier alpha value is -1.65. The first-order valence-electron chi connectivity index (χ1n) is 5.69. The van der Waals surface area contributed by atoms with E-state index >= 15 is 0 Å². The van der Waals surface area contributed by atoms with E-state index < -0.39 is 0 Å². The van der Waals surface area contributed by atoms with Gasteiger partial charge in [-0.2, -0.15) is 0 Å². The summed E-state index contributed by atoms with van der Waals surface area (Å²) in [7, 11) is 1.62. The van der Waals surface area contributed by atoms with Gasteiger partial charge < -0.3 is 15.3 Å². The van der Waals surface area contributed by atoms with Crippen LogP contribution < -0.4 is 4.74 Å². The molecular formula is C15H16BrNO2. The van der Waals surface area contributed by atoms with Gasteiger partial charge in [-0.1, -0.05) is 40.2 Å². The third-order valence-corrected chi connectivity index (χ3v) is 2.85. The minimum Gasteiger partial charge on any atom is -0.497 e. The van der Waals surface area contributed by atoms with Gasteiger partial charge in [-0.15, -0.1) is 0 Å². The van der Waals surface area contributed by atoms with Crippen molar-refractivity contribution in [2.45, 2.75) is 6.61 Å². The maximum absolute atomic E-state index is 8.66. The summed E-state index contributed by atoms with van der Waals surface area (Å²) in [5, 5.41) is 15.6. The maximum atomic E-state index is 8.66. The molecule has 0 bridgehead atoms. The van der Waals surface area contributed by atoms with Crippen LogP contribution in [-0.2, 0) is 6.61 Å². The number of methoxy groups -OCH3 is 1. The number of aliphatic hydroxyl groups excluding tert-OH is 1. The van der Waals surface area contributed by atoms with Crippen LogP contribution in [0.2, 0.25) is 0 Å². The van der Waals surface area contributed by atoms with E-state index in [0.717, 1.165) is 21.3 Å². The molecule has 0 amide bonds. The number of benzene rings is 2. The van der Waals surface area contributed by atoms with Gasteiger partial charge in [-0.3, -0.25) is 0 Å². The molecule has 4 heteroatoms. The van der Waals surface area contributed by atoms with Crippen LogP contribution in [0.4, 0.5) is 0 Å². The van der Waals surface area contributed by atoms with Crippen molar-refractivity contribution in [3.05, 3.63) is 64.1 Å². The van der Waals surface area contributed by atoms with Crippen LogP contribution in [0.15, 0.2) is 53.0 Å². The topological polar surface area (TPSA) is 53.3 Å². The van der Waals surface area contributed by atoms with Crippen LogP contribution >= 0.6 is 15.9 Å². The molecule has 2 aromatic rings. The lowest BCUT2D eigenvalue weighted by Gasteiger charge is -1.98. The molecule has 0 saturated carbocycles. The van der Waals surface area contributed by atoms with E-state index in [1.54, 1.807) is 7.11 Å². The molecule has 0 spiro atoms. The molecule has 2 aromatic carbocycles. The third-order valence-electron chi connectivity index (χ3n) is 2.36. The monoisotopic (exact) mass is 321 g/mol. The normalized spacial score (nSPS) is 9.21. The first kappa shape index (κ1) is 15.4. The molecule has 0 aliphatic carbocycles. The van der Waals surface area contributed by atoms with Gasteiger partial charge in [0.2, 0.25) is 0 Å². The number of ether oxygens (including phenoxy) is 1. The van der Waals surface area contributed by atoms with Gasteiger partial charge in [-0.05, 0) is 35.4 Å². The van der Waals surface area contributed by atoms with E-state index in [2.05, 4.69) is 15.9 Å². The smallest absolute Gasteiger partial charge is 0.118 e. The second-order valence-electron chi connectivity index (χ2n) is 3.71. The fourth-order valence-electron chi connectivity index (χ4n) is 1.33. The zero-order valence-electron chi connectivity index (χ0n) is 10.6. The Labute approximate surface area is 121 Å². The van der Waals surface area contributed by atoms with E-state index in [0.29, 0.717) is 0 Å². The molecule has 0 fully saturated rings. The highest BCUT2D eigenvalue weighted by Crippen LogP contribution is 2.10. The van der Waals surface area contributed by atoms with Crippen LogP contribution in [-0.4, -0.2) is 18.4 Å². The van der Waals surface area contributed by atoms with E-state index in [1.807, 2.05) is 48.5 Å². The summed E-state index contributed by atoms with van der Waals surface area (Å²) in [5.74, 6) is 0.817. The van der Waals surface area contributed by atoms with Crippen molar-refractivity contribution in [1.29, 1.82) is 5.41 Å². The maximum Gasteiger partial charge on any atom is 0.118 e. The third kappa shape index (κ3) is 5.68. The lowest BCUT2D eigenvalue weighted by Crippen LogP contribution is -1.84. The molecule has 100 valence electrons. The van der Waals surface area contributed by atoms with Crippen molar-refractivity contribution in [3.63, 3.8) is 0 Å². The van der Waals surface area contributed by atoms with Gasteiger partial charge in [0.15, 0.2) is 0 Å². The Morgan fingerprint density at radius 2 is 1.89 bits per heavy atom. The van der Waals surface area contributed by atoms with Crippen molar-refractivity contribution in [1.82, 2.24) is 0 Å². The summed E-state index contributed by atoms with van der Waals surface area (Å²) in [4.78, 5) is 0. The Kier molecular flexibility index (Phi) is 6.85. The molecule has 0 atom stereocenters. The Morgan fingerprint density at radius 1 is 1.21 bits per heavy atom. The summed E-state index contributed by atoms with van der Waals surface area (Å²) in [6, 6.07) is 14.9. The zero-order valence-corrected chi connectivity index (χ0v) is 12.2. The molecule has 0 radical (unpaired) electrons. The van der Waals surface area contributed by atoms with Crippen LogP contribution in [0.3, 0.4) is 0 Å². The van der Waals surface area contributed by atoms with Gasteiger partial charge in [0, 0.05) is 10.7 Å². The first-order chi connectivity index (χ1) is 9.19. The minimum atomic E-state index is 0.0873. The SMILES string of the molecule is COc1ccc(CO)cc1.N=Cc1cccc(Br)c1. The Bertz CT molecular complexity index is 489. The van der Waals surface area contributed by atoms with Crippen molar-refractivity contribution in [3.8, 4) is 5.75 Å². The van der Waals surface area contributed by atoms with Gasteiger partial charge >= 0.3 is 0 Å². The summed E-state index contributed by atoms with van der Waals surface area (Å²) in [6.07, 6.45) is 1.32. The molecule has 2 N–H and O–H groups in total. The number of hydrogen-bond acceptors (Lipinski definition) is 3. The highest BCUT2D eigenvalue weighted by Gasteiger charge is 1.90. The predicted octanol–water partition coefficient (Wildman–Crippen LogP) is 3.63. The van der Waals surface area contributed by atoms with E-state index in [-0.39, 0.29) is 6.61 Å². The number of rotatable bonds is 3. The molecule has 19 heavy (non-hydrogen) atoms. The minimum absolute atomic E-state index is 0.0873. The molecular weight excluding hydrogens is 306 g/mol. The molecule has 0 aliphatic heterocycles. The molecule has 2 rings (SSSR count). The highest BCUT2D eigenvalue weighted by molar-refractivity contribution is 9.10. The highest BCUT2D eigenvalue weighted by atomic mass is 79.9.